The summed E-state index contributed by atoms with van der Waals surface area (Å²) in [6, 6.07) is 3.51. The molecule has 8 nitrogen and oxygen atoms in total. The Bertz CT molecular complexity index is 858. The van der Waals surface area contributed by atoms with E-state index in [1.165, 1.54) is 19.8 Å². The van der Waals surface area contributed by atoms with Crippen molar-refractivity contribution in [1.82, 2.24) is 4.90 Å². The second-order valence-corrected chi connectivity index (χ2v) is 9.42. The standard InChI is InChI=1S/C25H35NO6.H2O.2H2/c1-16(29)10-23(31)21(15-28)18(6-9-27)11-17-12-20-19(14-26-7-2-3-8-26)4-5-22(30)25(20)24(32)13-17;;;/h4-5,17-18,21,27-28,30H,2-3,6-15H2,1H3;1H2;2*1H. The molecule has 1 heterocycles. The summed E-state index contributed by atoms with van der Waals surface area (Å²) in [4.78, 5) is 39.3. The van der Waals surface area contributed by atoms with Crippen LogP contribution < -0.4 is 0 Å². The topological polar surface area (TPSA) is 147 Å². The maximum absolute atomic E-state index is 13.0. The highest BCUT2D eigenvalue weighted by Gasteiger charge is 2.35. The molecule has 3 atom stereocenters. The number of ketones is 3. The molecule has 1 aromatic rings. The first-order valence-corrected chi connectivity index (χ1v) is 11.7. The van der Waals surface area contributed by atoms with Gasteiger partial charge in [-0.2, -0.15) is 0 Å². The third kappa shape index (κ3) is 6.69. The highest BCUT2D eigenvalue weighted by Crippen LogP contribution is 2.38. The minimum Gasteiger partial charge on any atom is -0.507 e. The van der Waals surface area contributed by atoms with Crippen LogP contribution in [-0.2, 0) is 22.6 Å². The van der Waals surface area contributed by atoms with Gasteiger partial charge in [-0.1, -0.05) is 6.07 Å². The van der Waals surface area contributed by atoms with Crippen molar-refractivity contribution < 1.29 is 38.0 Å². The van der Waals surface area contributed by atoms with Gasteiger partial charge in [-0.15, -0.1) is 0 Å². The lowest BCUT2D eigenvalue weighted by Crippen LogP contribution is -2.33. The predicted molar refractivity (Wildman–Crippen MR) is 127 cm³/mol. The molecule has 1 aliphatic heterocycles. The summed E-state index contributed by atoms with van der Waals surface area (Å²) in [6.07, 6.45) is 3.80. The van der Waals surface area contributed by atoms with Gasteiger partial charge in [-0.25, -0.2) is 0 Å². The van der Waals surface area contributed by atoms with Crippen molar-refractivity contribution in [3.8, 4) is 5.75 Å². The summed E-state index contributed by atoms with van der Waals surface area (Å²) in [5.41, 5.74) is 2.36. The van der Waals surface area contributed by atoms with Crippen LogP contribution in [0.3, 0.4) is 0 Å². The monoisotopic (exact) mass is 467 g/mol. The summed E-state index contributed by atoms with van der Waals surface area (Å²) in [5, 5.41) is 29.8. The molecular weight excluding hydrogens is 426 g/mol. The largest absolute Gasteiger partial charge is 0.507 e. The van der Waals surface area contributed by atoms with E-state index in [4.69, 9.17) is 0 Å². The van der Waals surface area contributed by atoms with Gasteiger partial charge >= 0.3 is 0 Å². The van der Waals surface area contributed by atoms with Crippen molar-refractivity contribution in [1.29, 1.82) is 0 Å². The van der Waals surface area contributed by atoms with Gasteiger partial charge in [-0.05, 0) is 81.1 Å². The second kappa shape index (κ2) is 12.4. The molecule has 1 aromatic carbocycles. The Hall–Kier alpha value is -2.13. The van der Waals surface area contributed by atoms with Crippen LogP contribution >= 0.6 is 0 Å². The number of fused-ring (bicyclic) bond motifs is 1. The maximum atomic E-state index is 13.0. The number of rotatable bonds is 11. The summed E-state index contributed by atoms with van der Waals surface area (Å²) in [7, 11) is 0. The first kappa shape index (κ1) is 27.1. The molecule has 0 radical (unpaired) electrons. The molecule has 0 amide bonds. The van der Waals surface area contributed by atoms with E-state index in [0.717, 1.165) is 30.8 Å². The van der Waals surface area contributed by atoms with Crippen molar-refractivity contribution in [3.05, 3.63) is 28.8 Å². The Balaban J connectivity index is 0.00000385. The molecule has 33 heavy (non-hydrogen) atoms. The summed E-state index contributed by atoms with van der Waals surface area (Å²) in [6.45, 7) is 3.64. The number of carbonyl (C=O) groups is 3. The van der Waals surface area contributed by atoms with Crippen molar-refractivity contribution in [2.45, 2.75) is 58.4 Å². The molecule has 0 aromatic heterocycles. The van der Waals surface area contributed by atoms with Gasteiger partial charge in [-0.3, -0.25) is 19.3 Å². The van der Waals surface area contributed by atoms with Crippen LogP contribution in [0.15, 0.2) is 12.1 Å². The summed E-state index contributed by atoms with van der Waals surface area (Å²) < 4.78 is 0. The van der Waals surface area contributed by atoms with E-state index in [1.54, 1.807) is 6.07 Å². The minimum absolute atomic E-state index is 0. The van der Waals surface area contributed by atoms with Crippen molar-refractivity contribution >= 4 is 17.3 Å². The Morgan fingerprint density at radius 3 is 2.48 bits per heavy atom. The number of carbonyl (C=O) groups excluding carboxylic acids is 3. The van der Waals surface area contributed by atoms with Crippen LogP contribution in [0.4, 0.5) is 0 Å². The number of aliphatic hydroxyl groups excluding tert-OH is 2. The number of aliphatic hydroxyl groups is 2. The maximum Gasteiger partial charge on any atom is 0.167 e. The predicted octanol–water partition coefficient (Wildman–Crippen LogP) is 1.95. The molecule has 3 unspecified atom stereocenters. The lowest BCUT2D eigenvalue weighted by Gasteiger charge is -2.32. The first-order valence-electron chi connectivity index (χ1n) is 11.7. The van der Waals surface area contributed by atoms with E-state index >= 15 is 0 Å². The first-order chi connectivity index (χ1) is 15.3. The smallest absolute Gasteiger partial charge is 0.167 e. The average molecular weight is 468 g/mol. The molecular formula is C25H41NO7. The Morgan fingerprint density at radius 1 is 1.18 bits per heavy atom. The minimum atomic E-state index is -0.726. The highest BCUT2D eigenvalue weighted by molar-refractivity contribution is 6.01. The van der Waals surface area contributed by atoms with E-state index in [2.05, 4.69) is 4.90 Å². The van der Waals surface area contributed by atoms with E-state index in [9.17, 15) is 29.7 Å². The number of benzene rings is 1. The summed E-state index contributed by atoms with van der Waals surface area (Å²) >= 11 is 0. The number of nitrogens with zero attached hydrogens (tertiary/aromatic N) is 1. The fourth-order valence-electron chi connectivity index (χ4n) is 5.41. The van der Waals surface area contributed by atoms with Crippen LogP contribution in [-0.4, -0.2) is 69.3 Å². The van der Waals surface area contributed by atoms with E-state index in [0.29, 0.717) is 24.8 Å². The van der Waals surface area contributed by atoms with E-state index in [-0.39, 0.29) is 69.3 Å². The average Bonchev–Trinajstić information content (AvgIpc) is 3.23. The Kier molecular flexibility index (Phi) is 10.2. The van der Waals surface area contributed by atoms with E-state index < -0.39 is 5.92 Å². The van der Waals surface area contributed by atoms with Crippen LogP contribution in [0.2, 0.25) is 0 Å². The highest BCUT2D eigenvalue weighted by atomic mass is 16.3. The molecule has 8 heteroatoms. The van der Waals surface area contributed by atoms with Gasteiger partial charge in [0.05, 0.1) is 18.6 Å². The van der Waals surface area contributed by atoms with Crippen LogP contribution in [0.5, 0.6) is 5.75 Å². The Labute approximate surface area is 197 Å². The quantitative estimate of drug-likeness (QED) is 0.421. The number of hydrogen-bond acceptors (Lipinski definition) is 7. The van der Waals surface area contributed by atoms with Crippen LogP contribution in [0.1, 0.15) is 69.8 Å². The number of phenolic OH excluding ortho intramolecular Hbond substituents is 1. The zero-order valence-electron chi connectivity index (χ0n) is 19.4. The van der Waals surface area contributed by atoms with Crippen molar-refractivity contribution in [2.75, 3.05) is 26.3 Å². The fourth-order valence-corrected chi connectivity index (χ4v) is 5.41. The normalized spacial score (nSPS) is 20.1. The SMILES string of the molecule is CC(=O)CC(=O)C(CO)C(CCO)CC1CC(=O)c2c(O)ccc(CN3CCCC3)c2C1.O.[HH].[HH]. The third-order valence-electron chi connectivity index (χ3n) is 6.96. The van der Waals surface area contributed by atoms with Gasteiger partial charge in [0.15, 0.2) is 5.78 Å². The second-order valence-electron chi connectivity index (χ2n) is 9.42. The van der Waals surface area contributed by atoms with Crippen LogP contribution in [0, 0.1) is 17.8 Å². The molecule has 188 valence electrons. The number of Topliss-reactive ketones (excluding diaryl/α,β-unsaturated/α-hetero) is 3. The van der Waals surface area contributed by atoms with Gasteiger partial charge in [0.2, 0.25) is 0 Å². The van der Waals surface area contributed by atoms with Crippen molar-refractivity contribution in [3.63, 3.8) is 0 Å². The molecule has 1 aliphatic carbocycles. The molecule has 1 fully saturated rings. The third-order valence-corrected chi connectivity index (χ3v) is 6.96. The van der Waals surface area contributed by atoms with Gasteiger partial charge in [0.25, 0.3) is 0 Å². The van der Waals surface area contributed by atoms with E-state index in [1.807, 2.05) is 6.07 Å². The summed E-state index contributed by atoms with van der Waals surface area (Å²) in [5.74, 6) is -1.73. The van der Waals surface area contributed by atoms with Gasteiger partial charge < -0.3 is 20.8 Å². The molecule has 5 N–H and O–H groups in total. The molecule has 2 aliphatic rings. The molecule has 1 saturated heterocycles. The number of phenols is 1. The van der Waals surface area contributed by atoms with Crippen molar-refractivity contribution in [2.24, 2.45) is 17.8 Å². The Morgan fingerprint density at radius 2 is 1.88 bits per heavy atom. The zero-order chi connectivity index (χ0) is 23.3. The number of likely N-dealkylation sites (tertiary alicyclic amines) is 1. The lowest BCUT2D eigenvalue weighted by molar-refractivity contribution is -0.131. The fraction of sp³-hybridized carbons (Fsp3) is 0.640. The number of hydrogen-bond donors (Lipinski definition) is 3. The lowest BCUT2D eigenvalue weighted by atomic mass is 9.73. The number of aromatic hydroxyl groups is 1. The zero-order valence-corrected chi connectivity index (χ0v) is 19.4. The van der Waals surface area contributed by atoms with Gasteiger partial charge in [0, 0.05) is 28.3 Å². The molecule has 3 rings (SSSR count). The molecule has 0 bridgehead atoms. The molecule has 0 saturated carbocycles. The van der Waals surface area contributed by atoms with Gasteiger partial charge in [0.1, 0.15) is 17.3 Å². The van der Waals surface area contributed by atoms with Crippen LogP contribution in [0.25, 0.3) is 0 Å². The molecule has 0 spiro atoms.